The summed E-state index contributed by atoms with van der Waals surface area (Å²) in [7, 11) is -1.89. The fourth-order valence-corrected chi connectivity index (χ4v) is 5.35. The number of sulfone groups is 1. The van der Waals surface area contributed by atoms with Crippen molar-refractivity contribution in [3.05, 3.63) is 28.2 Å². The predicted molar refractivity (Wildman–Crippen MR) is 86.2 cm³/mol. The van der Waals surface area contributed by atoms with E-state index in [9.17, 15) is 13.2 Å². The van der Waals surface area contributed by atoms with E-state index >= 15 is 0 Å². The van der Waals surface area contributed by atoms with Crippen LogP contribution in [0.25, 0.3) is 0 Å². The number of carbonyl (C=O) groups is 1. The Kier molecular flexibility index (Phi) is 4.24. The summed E-state index contributed by atoms with van der Waals surface area (Å²) in [4.78, 5) is 14.8. The molecule has 1 aliphatic rings. The van der Waals surface area contributed by atoms with Crippen molar-refractivity contribution >= 4 is 27.1 Å². The lowest BCUT2D eigenvalue weighted by atomic mass is 10.1. The van der Waals surface area contributed by atoms with Crippen molar-refractivity contribution in [3.8, 4) is 0 Å². The van der Waals surface area contributed by atoms with E-state index < -0.39 is 15.1 Å². The number of thiophene rings is 1. The van der Waals surface area contributed by atoms with Gasteiger partial charge in [0.25, 0.3) is 5.91 Å². The van der Waals surface area contributed by atoms with Gasteiger partial charge in [0.15, 0.2) is 0 Å². The summed E-state index contributed by atoms with van der Waals surface area (Å²) in [6.45, 7) is 2.84. The number of aryl methyl sites for hydroxylation is 2. The highest BCUT2D eigenvalue weighted by molar-refractivity contribution is 7.91. The Bertz CT molecular complexity index is 817. The zero-order valence-corrected chi connectivity index (χ0v) is 14.6. The van der Waals surface area contributed by atoms with Crippen LogP contribution in [0.15, 0.2) is 22.9 Å². The lowest BCUT2D eigenvalue weighted by Crippen LogP contribution is -2.42. The summed E-state index contributed by atoms with van der Waals surface area (Å²) >= 11 is 1.43. The molecule has 0 aliphatic carbocycles. The third kappa shape index (κ3) is 3.02. The maximum atomic E-state index is 12.6. The first-order chi connectivity index (χ1) is 10.9. The average Bonchev–Trinajstić information content (AvgIpc) is 3.15. The topological polar surface area (TPSA) is 85.2 Å². The number of nitrogens with zero attached hydrogens (tertiary/aromatic N) is 4. The molecular formula is C14H18N4O3S2. The van der Waals surface area contributed by atoms with Crippen molar-refractivity contribution in [2.45, 2.75) is 30.2 Å². The molecule has 1 fully saturated rings. The number of rotatable bonds is 3. The summed E-state index contributed by atoms with van der Waals surface area (Å²) in [6, 6.07) is 1.87. The van der Waals surface area contributed by atoms with Gasteiger partial charge in [-0.15, -0.1) is 21.5 Å². The SMILES string of the molecule is Cc1csc(C(=O)N2CCC(S(=O)(=O)c3nncn3C)CC2)c1. The van der Waals surface area contributed by atoms with Gasteiger partial charge in [0, 0.05) is 20.1 Å². The van der Waals surface area contributed by atoms with Crippen LogP contribution in [0.1, 0.15) is 28.1 Å². The number of hydrogen-bond donors (Lipinski definition) is 0. The maximum Gasteiger partial charge on any atom is 0.263 e. The van der Waals surface area contributed by atoms with E-state index in [4.69, 9.17) is 0 Å². The normalized spacial score (nSPS) is 16.7. The minimum Gasteiger partial charge on any atom is -0.338 e. The van der Waals surface area contributed by atoms with Crippen molar-refractivity contribution in [3.63, 3.8) is 0 Å². The molecule has 3 rings (SSSR count). The second-order valence-corrected chi connectivity index (χ2v) is 8.78. The fourth-order valence-electron chi connectivity index (χ4n) is 2.75. The summed E-state index contributed by atoms with van der Waals surface area (Å²) in [5.41, 5.74) is 1.07. The van der Waals surface area contributed by atoms with Crippen molar-refractivity contribution < 1.29 is 13.2 Å². The number of likely N-dealkylation sites (tertiary alicyclic amines) is 1. The van der Waals surface area contributed by atoms with E-state index in [0.717, 1.165) is 5.56 Å². The number of hydrogen-bond acceptors (Lipinski definition) is 6. The molecule has 0 radical (unpaired) electrons. The fraction of sp³-hybridized carbons (Fsp3) is 0.500. The molecule has 0 bridgehead atoms. The Balaban J connectivity index is 1.69. The molecule has 124 valence electrons. The van der Waals surface area contributed by atoms with Gasteiger partial charge in [0.05, 0.1) is 10.1 Å². The summed E-state index contributed by atoms with van der Waals surface area (Å²) in [5.74, 6) is -0.0161. The summed E-state index contributed by atoms with van der Waals surface area (Å²) in [5, 5.41) is 8.78. The number of aromatic nitrogens is 3. The van der Waals surface area contributed by atoms with Crippen LogP contribution < -0.4 is 0 Å². The largest absolute Gasteiger partial charge is 0.338 e. The lowest BCUT2D eigenvalue weighted by molar-refractivity contribution is 0.0730. The van der Waals surface area contributed by atoms with Gasteiger partial charge in [-0.05, 0) is 36.8 Å². The quantitative estimate of drug-likeness (QED) is 0.828. The molecule has 2 aromatic rings. The molecule has 9 heteroatoms. The van der Waals surface area contributed by atoms with Gasteiger partial charge in [-0.1, -0.05) is 0 Å². The minimum absolute atomic E-state index is 0.00356. The Morgan fingerprint density at radius 3 is 2.57 bits per heavy atom. The van der Waals surface area contributed by atoms with Gasteiger partial charge in [0.1, 0.15) is 6.33 Å². The van der Waals surface area contributed by atoms with E-state index in [1.54, 1.807) is 11.9 Å². The van der Waals surface area contributed by atoms with Crippen molar-refractivity contribution in [2.24, 2.45) is 7.05 Å². The standard InChI is InChI=1S/C14H18N4O3S2/c1-10-7-12(22-8-10)13(19)18-5-3-11(4-6-18)23(20,21)14-16-15-9-17(14)2/h7-9,11H,3-6H2,1-2H3. The van der Waals surface area contributed by atoms with Crippen LogP contribution in [0.3, 0.4) is 0 Å². The van der Waals surface area contributed by atoms with Gasteiger partial charge >= 0.3 is 0 Å². The molecule has 0 unspecified atom stereocenters. The molecule has 0 saturated carbocycles. The van der Waals surface area contributed by atoms with Gasteiger partial charge in [-0.25, -0.2) is 8.42 Å². The smallest absolute Gasteiger partial charge is 0.263 e. The molecule has 3 heterocycles. The Hall–Kier alpha value is -1.74. The lowest BCUT2D eigenvalue weighted by Gasteiger charge is -2.31. The monoisotopic (exact) mass is 354 g/mol. The van der Waals surface area contributed by atoms with Gasteiger partial charge < -0.3 is 9.47 Å². The van der Waals surface area contributed by atoms with Crippen molar-refractivity contribution in [1.29, 1.82) is 0 Å². The second kappa shape index (κ2) is 6.04. The van der Waals surface area contributed by atoms with Crippen LogP contribution in [0.2, 0.25) is 0 Å². The number of carbonyl (C=O) groups excluding carboxylic acids is 1. The first-order valence-electron chi connectivity index (χ1n) is 7.32. The van der Waals surface area contributed by atoms with Gasteiger partial charge in [-0.2, -0.15) is 0 Å². The zero-order valence-electron chi connectivity index (χ0n) is 13.0. The molecule has 0 aromatic carbocycles. The van der Waals surface area contributed by atoms with Crippen LogP contribution in [-0.2, 0) is 16.9 Å². The highest BCUT2D eigenvalue weighted by Crippen LogP contribution is 2.25. The molecule has 0 atom stereocenters. The maximum absolute atomic E-state index is 12.6. The van der Waals surface area contributed by atoms with Crippen LogP contribution in [0.4, 0.5) is 0 Å². The molecule has 1 saturated heterocycles. The molecule has 23 heavy (non-hydrogen) atoms. The number of piperidine rings is 1. The molecule has 1 amide bonds. The Morgan fingerprint density at radius 2 is 2.04 bits per heavy atom. The third-order valence-corrected chi connectivity index (χ3v) is 7.30. The molecule has 1 aliphatic heterocycles. The van der Waals surface area contributed by atoms with E-state index in [-0.39, 0.29) is 11.1 Å². The van der Waals surface area contributed by atoms with E-state index in [0.29, 0.717) is 30.8 Å². The average molecular weight is 354 g/mol. The predicted octanol–water partition coefficient (Wildman–Crippen LogP) is 1.26. The van der Waals surface area contributed by atoms with Crippen LogP contribution in [-0.4, -0.2) is 52.3 Å². The van der Waals surface area contributed by atoms with Crippen LogP contribution in [0, 0.1) is 6.92 Å². The molecule has 0 N–H and O–H groups in total. The summed E-state index contributed by atoms with van der Waals surface area (Å²) in [6.07, 6.45) is 2.22. The van der Waals surface area contributed by atoms with Gasteiger partial charge in [0.2, 0.25) is 15.0 Å². The highest BCUT2D eigenvalue weighted by Gasteiger charge is 2.35. The number of amides is 1. The molecule has 7 nitrogen and oxygen atoms in total. The first-order valence-corrected chi connectivity index (χ1v) is 9.74. The summed E-state index contributed by atoms with van der Waals surface area (Å²) < 4.78 is 26.6. The Morgan fingerprint density at radius 1 is 1.35 bits per heavy atom. The van der Waals surface area contributed by atoms with E-state index in [1.807, 2.05) is 18.4 Å². The highest BCUT2D eigenvalue weighted by atomic mass is 32.2. The minimum atomic E-state index is -3.51. The van der Waals surface area contributed by atoms with Crippen LogP contribution in [0.5, 0.6) is 0 Å². The Labute approximate surface area is 138 Å². The van der Waals surface area contributed by atoms with Crippen molar-refractivity contribution in [1.82, 2.24) is 19.7 Å². The molecule has 0 spiro atoms. The van der Waals surface area contributed by atoms with E-state index in [2.05, 4.69) is 10.2 Å². The second-order valence-electron chi connectivity index (χ2n) is 5.75. The first kappa shape index (κ1) is 16.1. The van der Waals surface area contributed by atoms with Crippen molar-refractivity contribution in [2.75, 3.05) is 13.1 Å². The zero-order chi connectivity index (χ0) is 16.6. The van der Waals surface area contributed by atoms with Crippen LogP contribution >= 0.6 is 11.3 Å². The molecular weight excluding hydrogens is 336 g/mol. The molecule has 2 aromatic heterocycles. The third-order valence-electron chi connectivity index (χ3n) is 4.03. The van der Waals surface area contributed by atoms with Gasteiger partial charge in [-0.3, -0.25) is 4.79 Å². The van der Waals surface area contributed by atoms with E-state index in [1.165, 1.54) is 22.2 Å².